The third kappa shape index (κ3) is 0.699. The van der Waals surface area contributed by atoms with E-state index in [-0.39, 0.29) is 0 Å². The van der Waals surface area contributed by atoms with E-state index in [2.05, 4.69) is 20.2 Å². The van der Waals surface area contributed by atoms with Crippen molar-refractivity contribution in [2.75, 3.05) is 0 Å². The van der Waals surface area contributed by atoms with Crippen LogP contribution in [-0.2, 0) is 0 Å². The standard InChI is InChI=1S/C6H4N4/c1-2-9-10-6-5(1)7-3-4-8-6/h1-4H/q+1. The Hall–Kier alpha value is -1.58. The van der Waals surface area contributed by atoms with Crippen LogP contribution >= 0.6 is 0 Å². The summed E-state index contributed by atoms with van der Waals surface area (Å²) in [7, 11) is 0. The van der Waals surface area contributed by atoms with E-state index in [9.17, 15) is 0 Å². The fraction of sp³-hybridized carbons (Fsp3) is 0. The molecule has 0 saturated carbocycles. The molecule has 0 amide bonds. The van der Waals surface area contributed by atoms with Crippen LogP contribution in [0.15, 0.2) is 29.7 Å². The van der Waals surface area contributed by atoms with E-state index in [4.69, 9.17) is 0 Å². The lowest BCUT2D eigenvalue weighted by Gasteiger charge is -1.77. The number of fused-ring (bicyclic) bond motifs is 1. The zero-order chi connectivity index (χ0) is 6.81. The maximum Gasteiger partial charge on any atom is 0.416 e. The SMILES string of the molecule is C1=C[N+]=c2nnccc2=N1. The van der Waals surface area contributed by atoms with E-state index in [1.807, 2.05) is 0 Å². The molecule has 1 radical (unpaired) electrons. The third-order valence-electron chi connectivity index (χ3n) is 1.16. The summed E-state index contributed by atoms with van der Waals surface area (Å²) < 4.78 is 0. The van der Waals surface area contributed by atoms with E-state index in [1.165, 1.54) is 0 Å². The molecule has 4 heteroatoms. The summed E-state index contributed by atoms with van der Waals surface area (Å²) in [6.07, 6.45) is 4.82. The van der Waals surface area contributed by atoms with Gasteiger partial charge in [0.1, 0.15) is 0 Å². The molecule has 47 valence electrons. The Morgan fingerprint density at radius 2 is 2.40 bits per heavy atom. The van der Waals surface area contributed by atoms with E-state index >= 15 is 0 Å². The highest BCUT2D eigenvalue weighted by Gasteiger charge is 2.00. The average molecular weight is 132 g/mol. The topological polar surface area (TPSA) is 52.2 Å². The first kappa shape index (κ1) is 5.22. The normalized spacial score (nSPS) is 13.2. The first-order valence-electron chi connectivity index (χ1n) is 2.85. The molecule has 1 aliphatic rings. The smallest absolute Gasteiger partial charge is 0.244 e. The van der Waals surface area contributed by atoms with Crippen molar-refractivity contribution in [1.82, 2.24) is 15.2 Å². The van der Waals surface area contributed by atoms with Gasteiger partial charge in [0, 0.05) is 0 Å². The number of aromatic nitrogens is 2. The molecular weight excluding hydrogens is 128 g/mol. The van der Waals surface area contributed by atoms with Crippen LogP contribution in [0.1, 0.15) is 0 Å². The summed E-state index contributed by atoms with van der Waals surface area (Å²) in [6.45, 7) is 0. The highest BCUT2D eigenvalue weighted by molar-refractivity contribution is 4.91. The molecule has 0 aromatic carbocycles. The summed E-state index contributed by atoms with van der Waals surface area (Å²) >= 11 is 0. The largest absolute Gasteiger partial charge is 0.416 e. The van der Waals surface area contributed by atoms with Crippen molar-refractivity contribution in [3.8, 4) is 0 Å². The van der Waals surface area contributed by atoms with Crippen molar-refractivity contribution < 1.29 is 0 Å². The zero-order valence-electron chi connectivity index (χ0n) is 5.10. The lowest BCUT2D eigenvalue weighted by Crippen LogP contribution is -2.34. The van der Waals surface area contributed by atoms with Gasteiger partial charge < -0.3 is 0 Å². The second kappa shape index (κ2) is 1.98. The third-order valence-corrected chi connectivity index (χ3v) is 1.16. The van der Waals surface area contributed by atoms with Crippen molar-refractivity contribution in [3.63, 3.8) is 0 Å². The molecule has 1 aromatic rings. The lowest BCUT2D eigenvalue weighted by atomic mass is 10.5. The Morgan fingerprint density at radius 1 is 1.40 bits per heavy atom. The minimum atomic E-state index is 0.588. The molecule has 1 aromatic heterocycles. The molecule has 1 aliphatic heterocycles. The number of rotatable bonds is 0. The van der Waals surface area contributed by atoms with Crippen LogP contribution in [0.5, 0.6) is 0 Å². The second-order valence-corrected chi connectivity index (χ2v) is 1.80. The van der Waals surface area contributed by atoms with Gasteiger partial charge in [-0.05, 0) is 16.2 Å². The van der Waals surface area contributed by atoms with Gasteiger partial charge in [-0.1, -0.05) is 0 Å². The predicted molar refractivity (Wildman–Crippen MR) is 33.2 cm³/mol. The summed E-state index contributed by atoms with van der Waals surface area (Å²) in [5, 5.41) is 8.19. The van der Waals surface area contributed by atoms with Gasteiger partial charge in [-0.25, -0.2) is 4.99 Å². The molecule has 2 heterocycles. The quantitative estimate of drug-likeness (QED) is 0.433. The number of hydrogen-bond acceptors (Lipinski definition) is 4. The van der Waals surface area contributed by atoms with Crippen LogP contribution in [0.25, 0.3) is 0 Å². The maximum absolute atomic E-state index is 4.02. The fourth-order valence-corrected chi connectivity index (χ4v) is 0.728. The van der Waals surface area contributed by atoms with Crippen molar-refractivity contribution in [2.24, 2.45) is 4.99 Å². The summed E-state index contributed by atoms with van der Waals surface area (Å²) in [4.78, 5) is 7.96. The van der Waals surface area contributed by atoms with Gasteiger partial charge in [0.05, 0.1) is 17.5 Å². The molecule has 2 rings (SSSR count). The van der Waals surface area contributed by atoms with E-state index in [0.29, 0.717) is 5.49 Å². The molecule has 0 spiro atoms. The number of hydrogen-bond donors (Lipinski definition) is 0. The monoisotopic (exact) mass is 132 g/mol. The van der Waals surface area contributed by atoms with E-state index in [1.54, 1.807) is 24.7 Å². The maximum atomic E-state index is 4.02. The minimum absolute atomic E-state index is 0.588. The summed E-state index contributed by atoms with van der Waals surface area (Å²) in [5.41, 5.74) is 0.588. The molecular formula is C6H4N4+. The van der Waals surface area contributed by atoms with Crippen LogP contribution in [0, 0.1) is 0 Å². The van der Waals surface area contributed by atoms with E-state index in [0.717, 1.165) is 5.36 Å². The average Bonchev–Trinajstić information content (AvgIpc) is 2.05. The van der Waals surface area contributed by atoms with E-state index < -0.39 is 0 Å². The molecule has 0 aliphatic carbocycles. The van der Waals surface area contributed by atoms with Gasteiger partial charge in [0.15, 0.2) is 11.6 Å². The molecule has 0 fully saturated rings. The van der Waals surface area contributed by atoms with Gasteiger partial charge >= 0.3 is 5.49 Å². The van der Waals surface area contributed by atoms with Gasteiger partial charge in [0.25, 0.3) is 0 Å². The highest BCUT2D eigenvalue weighted by atomic mass is 15.1. The van der Waals surface area contributed by atoms with Gasteiger partial charge in [0.2, 0.25) is 0 Å². The molecule has 10 heavy (non-hydrogen) atoms. The minimum Gasteiger partial charge on any atom is -0.244 e. The van der Waals surface area contributed by atoms with Crippen molar-refractivity contribution >= 4 is 0 Å². The molecule has 0 atom stereocenters. The number of nitrogens with zero attached hydrogens (tertiary/aromatic N) is 4. The molecule has 4 nitrogen and oxygen atoms in total. The van der Waals surface area contributed by atoms with Crippen molar-refractivity contribution in [1.29, 1.82) is 0 Å². The fourth-order valence-electron chi connectivity index (χ4n) is 0.728. The molecule has 0 N–H and O–H groups in total. The van der Waals surface area contributed by atoms with Gasteiger partial charge in [-0.15, -0.1) is 0 Å². The lowest BCUT2D eigenvalue weighted by molar-refractivity contribution is 0.885. The Morgan fingerprint density at radius 3 is 3.30 bits per heavy atom. The van der Waals surface area contributed by atoms with Gasteiger partial charge in [-0.3, -0.25) is 0 Å². The summed E-state index contributed by atoms with van der Waals surface area (Å²) in [6, 6.07) is 1.77. The summed E-state index contributed by atoms with van der Waals surface area (Å²) in [5.74, 6) is 0. The van der Waals surface area contributed by atoms with Crippen LogP contribution in [-0.4, -0.2) is 10.2 Å². The van der Waals surface area contributed by atoms with Crippen molar-refractivity contribution in [3.05, 3.63) is 35.5 Å². The highest BCUT2D eigenvalue weighted by Crippen LogP contribution is 1.69. The van der Waals surface area contributed by atoms with Crippen LogP contribution in [0.4, 0.5) is 0 Å². The first-order valence-corrected chi connectivity index (χ1v) is 2.85. The van der Waals surface area contributed by atoms with Crippen molar-refractivity contribution in [2.45, 2.75) is 0 Å². The second-order valence-electron chi connectivity index (χ2n) is 1.80. The molecule has 0 saturated heterocycles. The van der Waals surface area contributed by atoms with Gasteiger partial charge in [-0.2, -0.15) is 0 Å². The Kier molecular flexibility index (Phi) is 1.04. The van der Waals surface area contributed by atoms with Crippen LogP contribution in [0.2, 0.25) is 0 Å². The first-order chi connectivity index (χ1) is 4.97. The predicted octanol–water partition coefficient (Wildman–Crippen LogP) is -1.46. The zero-order valence-corrected chi connectivity index (χ0v) is 5.10. The Bertz CT molecular complexity index is 342. The molecule has 0 bridgehead atoms. The Labute approximate surface area is 56.7 Å². The Balaban J connectivity index is 2.92. The van der Waals surface area contributed by atoms with Crippen LogP contribution < -0.4 is 15.8 Å². The molecule has 0 unspecified atom stereocenters. The van der Waals surface area contributed by atoms with Crippen LogP contribution in [0.3, 0.4) is 0 Å².